The van der Waals surface area contributed by atoms with Gasteiger partial charge in [-0.25, -0.2) is 4.98 Å². The Labute approximate surface area is 233 Å². The van der Waals surface area contributed by atoms with E-state index in [1.54, 1.807) is 0 Å². The maximum Gasteiger partial charge on any atom is 0.206 e. The number of carbonyl (C=O) groups excluding carboxylic acids is 1. The van der Waals surface area contributed by atoms with Crippen LogP contribution in [0.4, 0.5) is 0 Å². The zero-order valence-electron chi connectivity index (χ0n) is 22.4. The molecule has 40 heavy (non-hydrogen) atoms. The smallest absolute Gasteiger partial charge is 0.206 e. The first kappa shape index (κ1) is 24.1. The highest BCUT2D eigenvalue weighted by Crippen LogP contribution is 2.41. The highest BCUT2D eigenvalue weighted by Gasteiger charge is 2.38. The number of carbonyl (C=O) groups is 1. The van der Waals surface area contributed by atoms with Crippen LogP contribution in [0.15, 0.2) is 133 Å². The number of allylic oxidation sites excluding steroid dienone is 1. The summed E-state index contributed by atoms with van der Waals surface area (Å²) in [5.74, 6) is 0.0885. The molecule has 0 spiro atoms. The number of hydrogen-bond donors (Lipinski definition) is 0. The van der Waals surface area contributed by atoms with Crippen molar-refractivity contribution in [1.82, 2.24) is 14.0 Å². The van der Waals surface area contributed by atoms with Crippen molar-refractivity contribution in [3.05, 3.63) is 173 Å². The Bertz CT molecular complexity index is 1760. The van der Waals surface area contributed by atoms with Gasteiger partial charge in [-0.05, 0) is 65.8 Å². The van der Waals surface area contributed by atoms with E-state index in [9.17, 15) is 4.79 Å². The second kappa shape index (κ2) is 9.65. The lowest BCUT2D eigenvalue weighted by atomic mass is 9.77. The van der Waals surface area contributed by atoms with E-state index < -0.39 is 5.54 Å². The van der Waals surface area contributed by atoms with Crippen LogP contribution in [0.2, 0.25) is 0 Å². The SMILES string of the molecule is Cc1c2c(n3ccccc13)C(=O)C(=Cc1cn(C(c3ccccc3)(c3ccccc3)c3ccccc3)cn1)CC2. The molecule has 3 aromatic heterocycles. The summed E-state index contributed by atoms with van der Waals surface area (Å²) >= 11 is 0. The van der Waals surface area contributed by atoms with Gasteiger partial charge in [0.25, 0.3) is 0 Å². The van der Waals surface area contributed by atoms with Crippen LogP contribution in [-0.2, 0) is 12.0 Å². The zero-order valence-corrected chi connectivity index (χ0v) is 22.4. The number of ketones is 1. The van der Waals surface area contributed by atoms with E-state index in [1.807, 2.05) is 53.3 Å². The molecule has 0 aliphatic heterocycles. The van der Waals surface area contributed by atoms with Crippen LogP contribution in [0.1, 0.15) is 50.4 Å². The molecule has 7 rings (SSSR count). The third kappa shape index (κ3) is 3.68. The average molecular weight is 520 g/mol. The van der Waals surface area contributed by atoms with Crippen LogP contribution in [0, 0.1) is 6.92 Å². The minimum atomic E-state index is -0.633. The van der Waals surface area contributed by atoms with Crippen molar-refractivity contribution in [2.45, 2.75) is 25.3 Å². The van der Waals surface area contributed by atoms with E-state index >= 15 is 0 Å². The van der Waals surface area contributed by atoms with Crippen molar-refractivity contribution in [2.75, 3.05) is 0 Å². The van der Waals surface area contributed by atoms with Crippen molar-refractivity contribution in [2.24, 2.45) is 0 Å². The Morgan fingerprint density at radius 3 is 1.93 bits per heavy atom. The summed E-state index contributed by atoms with van der Waals surface area (Å²) in [5.41, 5.74) is 8.60. The molecule has 0 amide bonds. The second-order valence-electron chi connectivity index (χ2n) is 10.4. The number of aryl methyl sites for hydroxylation is 1. The molecule has 1 aliphatic rings. The van der Waals surface area contributed by atoms with E-state index in [1.165, 1.54) is 5.56 Å². The van der Waals surface area contributed by atoms with Gasteiger partial charge in [0.2, 0.25) is 5.78 Å². The van der Waals surface area contributed by atoms with Crippen molar-refractivity contribution in [1.29, 1.82) is 0 Å². The van der Waals surface area contributed by atoms with Crippen LogP contribution in [-0.4, -0.2) is 19.7 Å². The average Bonchev–Trinajstić information content (AvgIpc) is 3.60. The van der Waals surface area contributed by atoms with Gasteiger partial charge in [0.1, 0.15) is 5.54 Å². The molecule has 0 saturated heterocycles. The molecule has 3 heterocycles. The summed E-state index contributed by atoms with van der Waals surface area (Å²) in [6.07, 6.45) is 9.50. The molecular formula is C36H29N3O. The second-order valence-corrected chi connectivity index (χ2v) is 10.4. The van der Waals surface area contributed by atoms with Gasteiger partial charge >= 0.3 is 0 Å². The van der Waals surface area contributed by atoms with E-state index in [-0.39, 0.29) is 5.78 Å². The molecular weight excluding hydrogens is 490 g/mol. The molecule has 0 atom stereocenters. The number of hydrogen-bond acceptors (Lipinski definition) is 2. The molecule has 3 aromatic carbocycles. The van der Waals surface area contributed by atoms with Gasteiger partial charge in [0, 0.05) is 23.5 Å². The summed E-state index contributed by atoms with van der Waals surface area (Å²) < 4.78 is 4.23. The Hall–Kier alpha value is -4.96. The molecule has 0 unspecified atom stereocenters. The molecule has 0 fully saturated rings. The third-order valence-electron chi connectivity index (χ3n) is 8.26. The molecule has 0 bridgehead atoms. The summed E-state index contributed by atoms with van der Waals surface area (Å²) in [6, 6.07) is 37.7. The lowest BCUT2D eigenvalue weighted by molar-refractivity contribution is 0.102. The number of aromatic nitrogens is 3. The van der Waals surface area contributed by atoms with Gasteiger partial charge in [-0.2, -0.15) is 0 Å². The van der Waals surface area contributed by atoms with Crippen LogP contribution < -0.4 is 0 Å². The summed E-state index contributed by atoms with van der Waals surface area (Å²) in [4.78, 5) is 18.6. The third-order valence-corrected chi connectivity index (χ3v) is 8.26. The van der Waals surface area contributed by atoms with Crippen LogP contribution in [0.5, 0.6) is 0 Å². The van der Waals surface area contributed by atoms with Gasteiger partial charge < -0.3 is 8.97 Å². The predicted octanol–water partition coefficient (Wildman–Crippen LogP) is 7.50. The van der Waals surface area contributed by atoms with Crippen molar-refractivity contribution < 1.29 is 4.79 Å². The highest BCUT2D eigenvalue weighted by atomic mass is 16.1. The molecule has 0 radical (unpaired) electrons. The molecule has 6 aromatic rings. The number of benzene rings is 3. The number of fused-ring (bicyclic) bond motifs is 3. The van der Waals surface area contributed by atoms with Gasteiger partial charge in [-0.1, -0.05) is 97.1 Å². The fourth-order valence-corrected chi connectivity index (χ4v) is 6.40. The molecule has 1 aliphatic carbocycles. The number of nitrogens with zero attached hydrogens (tertiary/aromatic N) is 3. The quantitative estimate of drug-likeness (QED) is 0.175. The minimum absolute atomic E-state index is 0.0885. The van der Waals surface area contributed by atoms with Gasteiger partial charge in [-0.15, -0.1) is 0 Å². The first-order valence-electron chi connectivity index (χ1n) is 13.7. The summed E-state index contributed by atoms with van der Waals surface area (Å²) in [7, 11) is 0. The number of imidazole rings is 1. The first-order chi connectivity index (χ1) is 19.7. The Morgan fingerprint density at radius 1 is 0.750 bits per heavy atom. The normalized spacial score (nSPS) is 14.5. The topological polar surface area (TPSA) is 39.3 Å². The standard InChI is InChI=1S/C36H29N3O/c1-26-32-21-20-27(35(40)34(32)39-22-12-11-19-33(26)39)23-31-24-38(25-37-31)36(28-13-5-2-6-14-28,29-15-7-3-8-16-29)30-17-9-4-10-18-30/h2-19,22-25H,20-21H2,1H3. The fourth-order valence-electron chi connectivity index (χ4n) is 6.40. The summed E-state index contributed by atoms with van der Waals surface area (Å²) in [5, 5.41) is 0. The van der Waals surface area contributed by atoms with Gasteiger partial charge in [-0.3, -0.25) is 4.79 Å². The Morgan fingerprint density at radius 2 is 1.32 bits per heavy atom. The van der Waals surface area contributed by atoms with Crippen LogP contribution in [0.3, 0.4) is 0 Å². The molecule has 0 saturated carbocycles. The minimum Gasteiger partial charge on any atom is -0.318 e. The Balaban J connectivity index is 1.38. The first-order valence-corrected chi connectivity index (χ1v) is 13.7. The van der Waals surface area contributed by atoms with E-state index in [4.69, 9.17) is 4.98 Å². The van der Waals surface area contributed by atoms with Crippen molar-refractivity contribution in [3.63, 3.8) is 0 Å². The van der Waals surface area contributed by atoms with E-state index in [2.05, 4.69) is 96.6 Å². The fraction of sp³-hybridized carbons (Fsp3) is 0.111. The highest BCUT2D eigenvalue weighted by molar-refractivity contribution is 6.13. The summed E-state index contributed by atoms with van der Waals surface area (Å²) in [6.45, 7) is 2.12. The molecule has 4 heteroatoms. The maximum absolute atomic E-state index is 13.8. The Kier molecular flexibility index (Phi) is 5.82. The van der Waals surface area contributed by atoms with Gasteiger partial charge in [0.15, 0.2) is 0 Å². The van der Waals surface area contributed by atoms with E-state index in [0.717, 1.165) is 51.2 Å². The monoisotopic (exact) mass is 519 g/mol. The lowest BCUT2D eigenvalue weighted by Gasteiger charge is -2.37. The maximum atomic E-state index is 13.8. The van der Waals surface area contributed by atoms with Crippen molar-refractivity contribution >= 4 is 17.4 Å². The number of Topliss-reactive ketones (excluding diaryl/α,β-unsaturated/α-hetero) is 1. The largest absolute Gasteiger partial charge is 0.318 e. The zero-order chi connectivity index (χ0) is 27.1. The number of pyridine rings is 1. The van der Waals surface area contributed by atoms with Crippen LogP contribution >= 0.6 is 0 Å². The predicted molar refractivity (Wildman–Crippen MR) is 160 cm³/mol. The van der Waals surface area contributed by atoms with Gasteiger partial charge in [0.05, 0.1) is 17.7 Å². The van der Waals surface area contributed by atoms with Crippen LogP contribution in [0.25, 0.3) is 11.6 Å². The molecule has 194 valence electrons. The van der Waals surface area contributed by atoms with Crippen molar-refractivity contribution in [3.8, 4) is 0 Å². The van der Waals surface area contributed by atoms with E-state index in [0.29, 0.717) is 6.42 Å². The number of rotatable bonds is 5. The lowest BCUT2D eigenvalue weighted by Crippen LogP contribution is -2.36. The molecule has 4 nitrogen and oxygen atoms in total. The molecule has 0 N–H and O–H groups in total.